The van der Waals surface area contributed by atoms with Crippen molar-refractivity contribution < 1.29 is 19.0 Å². The molecule has 0 radical (unpaired) electrons. The van der Waals surface area contributed by atoms with Crippen LogP contribution >= 0.6 is 0 Å². The Morgan fingerprint density at radius 3 is 3.07 bits per heavy atom. The van der Waals surface area contributed by atoms with Gasteiger partial charge in [0.1, 0.15) is 6.10 Å². The number of carbonyl (C=O) groups is 1. The zero-order valence-corrected chi connectivity index (χ0v) is 8.30. The van der Waals surface area contributed by atoms with Crippen molar-refractivity contribution in [3.05, 3.63) is 12.3 Å². The summed E-state index contributed by atoms with van der Waals surface area (Å²) >= 11 is 0. The first-order valence-electron chi connectivity index (χ1n) is 4.81. The molecular weight excluding hydrogens is 184 g/mol. The van der Waals surface area contributed by atoms with E-state index < -0.39 is 0 Å². The van der Waals surface area contributed by atoms with Crippen molar-refractivity contribution in [2.75, 3.05) is 0 Å². The van der Waals surface area contributed by atoms with E-state index in [1.54, 1.807) is 6.26 Å². The second kappa shape index (κ2) is 3.61. The Hall–Kier alpha value is -1.03. The van der Waals surface area contributed by atoms with Gasteiger partial charge in [0.15, 0.2) is 6.29 Å². The van der Waals surface area contributed by atoms with Gasteiger partial charge < -0.3 is 14.2 Å². The Kier molecular flexibility index (Phi) is 2.46. The fourth-order valence-corrected chi connectivity index (χ4v) is 1.96. The third-order valence-electron chi connectivity index (χ3n) is 2.57. The molecule has 0 amide bonds. The van der Waals surface area contributed by atoms with Gasteiger partial charge in [0, 0.05) is 19.3 Å². The summed E-state index contributed by atoms with van der Waals surface area (Å²) in [7, 11) is 0. The Bertz CT molecular complexity index is 261. The summed E-state index contributed by atoms with van der Waals surface area (Å²) < 4.78 is 16.0. The van der Waals surface area contributed by atoms with Crippen molar-refractivity contribution in [3.63, 3.8) is 0 Å². The van der Waals surface area contributed by atoms with Gasteiger partial charge in [-0.05, 0) is 13.0 Å². The van der Waals surface area contributed by atoms with Crippen LogP contribution in [-0.4, -0.2) is 24.5 Å². The molecule has 1 fully saturated rings. The average Bonchev–Trinajstić information content (AvgIpc) is 2.12. The minimum Gasteiger partial charge on any atom is -0.473 e. The topological polar surface area (TPSA) is 44.8 Å². The number of ether oxygens (including phenoxy) is 3. The van der Waals surface area contributed by atoms with Crippen LogP contribution in [0.2, 0.25) is 0 Å². The Balaban J connectivity index is 2.10. The molecule has 2 aliphatic rings. The third-order valence-corrected chi connectivity index (χ3v) is 2.57. The average molecular weight is 198 g/mol. The predicted molar refractivity (Wildman–Crippen MR) is 48.2 cm³/mol. The maximum absolute atomic E-state index is 10.9. The molecule has 1 saturated heterocycles. The van der Waals surface area contributed by atoms with E-state index in [1.807, 2.05) is 13.0 Å². The molecule has 0 unspecified atom stereocenters. The van der Waals surface area contributed by atoms with Crippen molar-refractivity contribution in [1.82, 2.24) is 0 Å². The molecule has 0 aromatic rings. The van der Waals surface area contributed by atoms with E-state index in [-0.39, 0.29) is 30.4 Å². The van der Waals surface area contributed by atoms with Crippen LogP contribution in [0.25, 0.3) is 0 Å². The van der Waals surface area contributed by atoms with Gasteiger partial charge in [0.05, 0.1) is 12.4 Å². The van der Waals surface area contributed by atoms with Crippen molar-refractivity contribution >= 4 is 5.97 Å². The molecular formula is C10H14O4. The van der Waals surface area contributed by atoms with Crippen LogP contribution in [0.3, 0.4) is 0 Å². The van der Waals surface area contributed by atoms with E-state index in [0.717, 1.165) is 6.42 Å². The lowest BCUT2D eigenvalue weighted by Gasteiger charge is -2.40. The molecule has 4 atom stereocenters. The van der Waals surface area contributed by atoms with Crippen molar-refractivity contribution in [2.24, 2.45) is 5.92 Å². The fourth-order valence-electron chi connectivity index (χ4n) is 1.96. The van der Waals surface area contributed by atoms with E-state index in [4.69, 9.17) is 14.2 Å². The maximum atomic E-state index is 10.9. The lowest BCUT2D eigenvalue weighted by atomic mass is 9.91. The SMILES string of the molecule is CC(=O)O[C@H]1[C@H](C)O[C@H]2C[C@@H]1C=CO2. The molecule has 0 aromatic heterocycles. The molecule has 2 rings (SSSR count). The van der Waals surface area contributed by atoms with Gasteiger partial charge in [-0.1, -0.05) is 0 Å². The molecule has 0 aliphatic carbocycles. The van der Waals surface area contributed by atoms with Crippen molar-refractivity contribution in [2.45, 2.75) is 38.8 Å². The Labute approximate surface area is 82.8 Å². The summed E-state index contributed by atoms with van der Waals surface area (Å²) in [6.07, 6.45) is 3.87. The number of hydrogen-bond acceptors (Lipinski definition) is 4. The molecule has 0 spiro atoms. The van der Waals surface area contributed by atoms with E-state index in [1.165, 1.54) is 6.92 Å². The molecule has 2 heterocycles. The van der Waals surface area contributed by atoms with E-state index >= 15 is 0 Å². The normalized spacial score (nSPS) is 40.1. The standard InChI is InChI=1S/C10H14O4/c1-6-10(14-7(2)11)8-3-4-12-9(5-8)13-6/h3-4,6,8-10H,5H2,1-2H3/t6-,8-,9-,10-/m0/s1. The summed E-state index contributed by atoms with van der Waals surface area (Å²) in [5.74, 6) is -0.0369. The van der Waals surface area contributed by atoms with E-state index in [2.05, 4.69) is 0 Å². The van der Waals surface area contributed by atoms with Crippen LogP contribution in [-0.2, 0) is 19.0 Å². The minimum absolute atomic E-state index is 0.104. The first-order chi connectivity index (χ1) is 6.66. The number of fused-ring (bicyclic) bond motifs is 2. The van der Waals surface area contributed by atoms with Gasteiger partial charge in [0.2, 0.25) is 0 Å². The Morgan fingerprint density at radius 2 is 2.36 bits per heavy atom. The molecule has 2 bridgehead atoms. The Morgan fingerprint density at radius 1 is 1.57 bits per heavy atom. The molecule has 0 N–H and O–H groups in total. The summed E-state index contributed by atoms with van der Waals surface area (Å²) in [6.45, 7) is 3.32. The van der Waals surface area contributed by atoms with Gasteiger partial charge in [-0.3, -0.25) is 4.79 Å². The molecule has 4 nitrogen and oxygen atoms in total. The second-order valence-electron chi connectivity index (χ2n) is 3.71. The minimum atomic E-state index is -0.260. The number of esters is 1. The summed E-state index contributed by atoms with van der Waals surface area (Å²) in [5.41, 5.74) is 0. The highest BCUT2D eigenvalue weighted by atomic mass is 16.7. The van der Waals surface area contributed by atoms with Gasteiger partial charge in [-0.2, -0.15) is 0 Å². The summed E-state index contributed by atoms with van der Waals surface area (Å²) in [5, 5.41) is 0. The van der Waals surface area contributed by atoms with Gasteiger partial charge >= 0.3 is 5.97 Å². The second-order valence-corrected chi connectivity index (χ2v) is 3.71. The molecule has 0 aromatic carbocycles. The lowest BCUT2D eigenvalue weighted by molar-refractivity contribution is -0.226. The highest BCUT2D eigenvalue weighted by Gasteiger charge is 2.39. The number of hydrogen-bond donors (Lipinski definition) is 0. The van der Waals surface area contributed by atoms with Crippen molar-refractivity contribution in [1.29, 1.82) is 0 Å². The summed E-state index contributed by atoms with van der Waals surface area (Å²) in [6, 6.07) is 0. The van der Waals surface area contributed by atoms with Crippen LogP contribution < -0.4 is 0 Å². The zero-order chi connectivity index (χ0) is 10.1. The molecule has 78 valence electrons. The monoisotopic (exact) mass is 198 g/mol. The first-order valence-corrected chi connectivity index (χ1v) is 4.81. The fraction of sp³-hybridized carbons (Fsp3) is 0.700. The van der Waals surface area contributed by atoms with Crippen LogP contribution in [0.15, 0.2) is 12.3 Å². The third kappa shape index (κ3) is 1.75. The number of rotatable bonds is 1. The van der Waals surface area contributed by atoms with Crippen LogP contribution in [0.1, 0.15) is 20.3 Å². The molecule has 4 heteroatoms. The van der Waals surface area contributed by atoms with E-state index in [0.29, 0.717) is 0 Å². The molecule has 0 saturated carbocycles. The largest absolute Gasteiger partial charge is 0.473 e. The molecule has 2 aliphatic heterocycles. The van der Waals surface area contributed by atoms with Crippen LogP contribution in [0.4, 0.5) is 0 Å². The van der Waals surface area contributed by atoms with Gasteiger partial charge in [-0.25, -0.2) is 0 Å². The quantitative estimate of drug-likeness (QED) is 0.594. The summed E-state index contributed by atoms with van der Waals surface area (Å²) in [4.78, 5) is 10.9. The highest BCUT2D eigenvalue weighted by molar-refractivity contribution is 5.66. The van der Waals surface area contributed by atoms with Crippen LogP contribution in [0.5, 0.6) is 0 Å². The maximum Gasteiger partial charge on any atom is 0.303 e. The first kappa shape index (κ1) is 9.52. The highest BCUT2D eigenvalue weighted by Crippen LogP contribution is 2.32. The lowest BCUT2D eigenvalue weighted by Crippen LogP contribution is -2.47. The van der Waals surface area contributed by atoms with Crippen molar-refractivity contribution in [3.8, 4) is 0 Å². The number of carbonyl (C=O) groups excluding carboxylic acids is 1. The van der Waals surface area contributed by atoms with E-state index in [9.17, 15) is 4.79 Å². The van der Waals surface area contributed by atoms with Crippen LogP contribution in [0, 0.1) is 5.92 Å². The smallest absolute Gasteiger partial charge is 0.303 e. The van der Waals surface area contributed by atoms with Gasteiger partial charge in [-0.15, -0.1) is 0 Å². The van der Waals surface area contributed by atoms with Gasteiger partial charge in [0.25, 0.3) is 0 Å². The zero-order valence-electron chi connectivity index (χ0n) is 8.30. The predicted octanol–water partition coefficient (Wildman–Crippen LogP) is 1.21. The molecule has 14 heavy (non-hydrogen) atoms.